The fourth-order valence-electron chi connectivity index (χ4n) is 2.12. The number of nitrogens with one attached hydrogen (secondary N) is 1. The van der Waals surface area contributed by atoms with Crippen LogP contribution in [0.1, 0.15) is 21.8 Å². The summed E-state index contributed by atoms with van der Waals surface area (Å²) in [5, 5.41) is 8.85. The van der Waals surface area contributed by atoms with E-state index in [-0.39, 0.29) is 23.0 Å². The van der Waals surface area contributed by atoms with Crippen LogP contribution in [0.2, 0.25) is 5.02 Å². The Morgan fingerprint density at radius 2 is 1.93 bits per heavy atom. The normalized spacial score (nSPS) is 11.3. The lowest BCUT2D eigenvalue weighted by molar-refractivity contribution is 0.0946. The molecule has 0 saturated heterocycles. The van der Waals surface area contributed by atoms with Crippen LogP contribution >= 0.6 is 11.6 Å². The molecule has 0 aliphatic rings. The number of pyridine rings is 1. The van der Waals surface area contributed by atoms with Gasteiger partial charge >= 0.3 is 5.22 Å². The Morgan fingerprint density at radius 3 is 2.63 bits per heavy atom. The van der Waals surface area contributed by atoms with Crippen LogP contribution < -0.4 is 5.32 Å². The van der Waals surface area contributed by atoms with Gasteiger partial charge in [-0.05, 0) is 24.3 Å². The molecule has 0 spiro atoms. The standard InChI is InChI=1S/C16H12ClFN4O4S/c17-12-2-1-3-13(18)11(12)9-27(24,25)16-22-21-14(26-16)8-20-15(23)10-4-6-19-7-5-10/h1-7H,8-9H2,(H,20,23). The van der Waals surface area contributed by atoms with Crippen LogP contribution in [0.4, 0.5) is 4.39 Å². The molecule has 3 rings (SSSR count). The third kappa shape index (κ3) is 4.47. The number of rotatable bonds is 6. The van der Waals surface area contributed by atoms with Gasteiger partial charge in [-0.25, -0.2) is 12.8 Å². The number of amides is 1. The van der Waals surface area contributed by atoms with Gasteiger partial charge in [0.25, 0.3) is 5.91 Å². The maximum Gasteiger partial charge on any atom is 0.335 e. The maximum atomic E-state index is 13.8. The van der Waals surface area contributed by atoms with E-state index in [2.05, 4.69) is 20.5 Å². The van der Waals surface area contributed by atoms with E-state index in [9.17, 15) is 17.6 Å². The molecule has 0 unspecified atom stereocenters. The first-order valence-electron chi connectivity index (χ1n) is 7.53. The van der Waals surface area contributed by atoms with Gasteiger partial charge in [0.1, 0.15) is 5.82 Å². The molecule has 11 heteroatoms. The molecule has 0 saturated carbocycles. The number of carbonyl (C=O) groups excluding carboxylic acids is 1. The number of halogens is 2. The van der Waals surface area contributed by atoms with E-state index in [4.69, 9.17) is 16.0 Å². The highest BCUT2D eigenvalue weighted by atomic mass is 35.5. The minimum Gasteiger partial charge on any atom is -0.411 e. The second-order valence-corrected chi connectivity index (χ2v) is 7.61. The van der Waals surface area contributed by atoms with Crippen molar-refractivity contribution in [3.8, 4) is 0 Å². The van der Waals surface area contributed by atoms with Crippen molar-refractivity contribution < 1.29 is 22.0 Å². The van der Waals surface area contributed by atoms with E-state index < -0.39 is 32.5 Å². The van der Waals surface area contributed by atoms with Crippen molar-refractivity contribution in [2.75, 3.05) is 0 Å². The third-order valence-electron chi connectivity index (χ3n) is 3.45. The van der Waals surface area contributed by atoms with Crippen LogP contribution in [-0.2, 0) is 22.1 Å². The summed E-state index contributed by atoms with van der Waals surface area (Å²) >= 11 is 5.85. The highest BCUT2D eigenvalue weighted by molar-refractivity contribution is 7.90. The number of aromatic nitrogens is 3. The van der Waals surface area contributed by atoms with Crippen molar-refractivity contribution >= 4 is 27.3 Å². The molecular formula is C16H12ClFN4O4S. The van der Waals surface area contributed by atoms with Gasteiger partial charge in [0.15, 0.2) is 0 Å². The van der Waals surface area contributed by atoms with Crippen molar-refractivity contribution in [3.63, 3.8) is 0 Å². The highest BCUT2D eigenvalue weighted by Crippen LogP contribution is 2.24. The molecule has 2 heterocycles. The molecule has 0 aliphatic carbocycles. The monoisotopic (exact) mass is 410 g/mol. The average Bonchev–Trinajstić information content (AvgIpc) is 3.14. The van der Waals surface area contributed by atoms with Gasteiger partial charge in [0.05, 0.1) is 12.3 Å². The molecule has 0 radical (unpaired) electrons. The quantitative estimate of drug-likeness (QED) is 0.662. The van der Waals surface area contributed by atoms with Crippen LogP contribution in [-0.4, -0.2) is 29.5 Å². The molecule has 3 aromatic rings. The lowest BCUT2D eigenvalue weighted by Gasteiger charge is -2.04. The topological polar surface area (TPSA) is 115 Å². The smallest absolute Gasteiger partial charge is 0.335 e. The van der Waals surface area contributed by atoms with E-state index in [1.54, 1.807) is 0 Å². The van der Waals surface area contributed by atoms with Gasteiger partial charge in [0.2, 0.25) is 15.7 Å². The van der Waals surface area contributed by atoms with Crippen LogP contribution in [0.5, 0.6) is 0 Å². The van der Waals surface area contributed by atoms with Crippen molar-refractivity contribution in [1.82, 2.24) is 20.5 Å². The van der Waals surface area contributed by atoms with Crippen LogP contribution in [0.3, 0.4) is 0 Å². The molecule has 0 bridgehead atoms. The zero-order chi connectivity index (χ0) is 19.4. The summed E-state index contributed by atoms with van der Waals surface area (Å²) in [7, 11) is -4.11. The van der Waals surface area contributed by atoms with Gasteiger partial charge in [-0.3, -0.25) is 9.78 Å². The number of nitrogens with zero attached hydrogens (tertiary/aromatic N) is 3. The zero-order valence-electron chi connectivity index (χ0n) is 13.6. The summed E-state index contributed by atoms with van der Waals surface area (Å²) in [5.41, 5.74) is 0.177. The lowest BCUT2D eigenvalue weighted by atomic mass is 10.2. The van der Waals surface area contributed by atoms with E-state index in [0.29, 0.717) is 5.56 Å². The van der Waals surface area contributed by atoms with Gasteiger partial charge in [0, 0.05) is 28.5 Å². The van der Waals surface area contributed by atoms with Crippen LogP contribution in [0.15, 0.2) is 52.4 Å². The van der Waals surface area contributed by atoms with Gasteiger partial charge in [-0.1, -0.05) is 22.8 Å². The second-order valence-electron chi connectivity index (χ2n) is 5.34. The summed E-state index contributed by atoms with van der Waals surface area (Å²) in [6.07, 6.45) is 2.92. The summed E-state index contributed by atoms with van der Waals surface area (Å²) in [5.74, 6) is -2.02. The number of benzene rings is 1. The van der Waals surface area contributed by atoms with Gasteiger partial charge in [-0.15, -0.1) is 5.10 Å². The number of sulfone groups is 1. The van der Waals surface area contributed by atoms with Crippen LogP contribution in [0.25, 0.3) is 0 Å². The highest BCUT2D eigenvalue weighted by Gasteiger charge is 2.26. The minimum atomic E-state index is -4.11. The average molecular weight is 411 g/mol. The molecule has 0 fully saturated rings. The Kier molecular flexibility index (Phi) is 5.47. The Hall–Kier alpha value is -2.85. The Morgan fingerprint density at radius 1 is 1.19 bits per heavy atom. The molecule has 0 aliphatic heterocycles. The van der Waals surface area contributed by atoms with Crippen molar-refractivity contribution in [2.45, 2.75) is 17.5 Å². The molecule has 1 aromatic carbocycles. The fourth-order valence-corrected chi connectivity index (χ4v) is 3.61. The Balaban J connectivity index is 1.70. The summed E-state index contributed by atoms with van der Waals surface area (Å²) in [6.45, 7) is -0.176. The molecule has 27 heavy (non-hydrogen) atoms. The fraction of sp³-hybridized carbons (Fsp3) is 0.125. The summed E-state index contributed by atoms with van der Waals surface area (Å²) < 4.78 is 43.6. The van der Waals surface area contributed by atoms with Gasteiger partial charge in [-0.2, -0.15) is 0 Å². The predicted octanol–water partition coefficient (Wildman–Crippen LogP) is 2.16. The molecule has 0 atom stereocenters. The predicted molar refractivity (Wildman–Crippen MR) is 92.0 cm³/mol. The number of carbonyl (C=O) groups is 1. The first-order valence-corrected chi connectivity index (χ1v) is 9.56. The first-order chi connectivity index (χ1) is 12.9. The third-order valence-corrected chi connectivity index (χ3v) is 5.17. The van der Waals surface area contributed by atoms with E-state index in [0.717, 1.165) is 6.07 Å². The maximum absolute atomic E-state index is 13.8. The van der Waals surface area contributed by atoms with Crippen LogP contribution in [0, 0.1) is 5.82 Å². The molecule has 8 nitrogen and oxygen atoms in total. The Labute approximate surface area is 158 Å². The molecular weight excluding hydrogens is 399 g/mol. The molecule has 1 N–H and O–H groups in total. The van der Waals surface area contributed by atoms with Gasteiger partial charge < -0.3 is 9.73 Å². The largest absolute Gasteiger partial charge is 0.411 e. The second kappa shape index (κ2) is 7.80. The molecule has 1 amide bonds. The zero-order valence-corrected chi connectivity index (χ0v) is 15.2. The molecule has 2 aromatic heterocycles. The van der Waals surface area contributed by atoms with Crippen molar-refractivity contribution in [3.05, 3.63) is 70.6 Å². The SMILES string of the molecule is O=C(NCc1nnc(S(=O)(=O)Cc2c(F)cccc2Cl)o1)c1ccncc1. The number of hydrogen-bond donors (Lipinski definition) is 1. The summed E-state index contributed by atoms with van der Waals surface area (Å²) in [4.78, 5) is 15.7. The number of hydrogen-bond acceptors (Lipinski definition) is 7. The van der Waals surface area contributed by atoms with E-state index in [1.807, 2.05) is 0 Å². The Bertz CT molecular complexity index is 1050. The summed E-state index contributed by atoms with van der Waals surface area (Å²) in [6, 6.07) is 6.87. The van der Waals surface area contributed by atoms with Crippen molar-refractivity contribution in [1.29, 1.82) is 0 Å². The van der Waals surface area contributed by atoms with E-state index in [1.165, 1.54) is 36.7 Å². The van der Waals surface area contributed by atoms with E-state index >= 15 is 0 Å². The minimum absolute atomic E-state index is 0.0251. The van der Waals surface area contributed by atoms with Crippen molar-refractivity contribution in [2.24, 2.45) is 0 Å². The molecule has 140 valence electrons. The lowest BCUT2D eigenvalue weighted by Crippen LogP contribution is -2.22. The first kappa shape index (κ1) is 18.9.